The lowest BCUT2D eigenvalue weighted by molar-refractivity contribution is 0.0696. The van der Waals surface area contributed by atoms with Crippen molar-refractivity contribution in [3.05, 3.63) is 65.2 Å². The molecule has 0 heterocycles. The van der Waals surface area contributed by atoms with Gasteiger partial charge in [-0.2, -0.15) is 0 Å². The van der Waals surface area contributed by atoms with Crippen molar-refractivity contribution in [1.29, 1.82) is 0 Å². The van der Waals surface area contributed by atoms with Crippen LogP contribution in [0.25, 0.3) is 0 Å². The maximum absolute atomic E-state index is 13.5. The molecule has 2 aromatic carbocycles. The second kappa shape index (κ2) is 5.92. The lowest BCUT2D eigenvalue weighted by Crippen LogP contribution is -2.03. The molecule has 0 saturated heterocycles. The Morgan fingerprint density at radius 2 is 1.85 bits per heavy atom. The summed E-state index contributed by atoms with van der Waals surface area (Å²) in [5.41, 5.74) is -0.0142. The van der Waals surface area contributed by atoms with Gasteiger partial charge in [-0.05, 0) is 24.3 Å². The molecular weight excluding hydrogens is 286 g/mol. The van der Waals surface area contributed by atoms with Crippen molar-refractivity contribution in [2.24, 2.45) is 0 Å². The highest BCUT2D eigenvalue weighted by atomic mass is 32.2. The smallest absolute Gasteiger partial charge is 0.335 e. The largest absolute Gasteiger partial charge is 0.478 e. The van der Waals surface area contributed by atoms with Crippen molar-refractivity contribution in [2.75, 3.05) is 0 Å². The molecule has 1 unspecified atom stereocenters. The van der Waals surface area contributed by atoms with Gasteiger partial charge in [-0.3, -0.25) is 4.21 Å². The highest BCUT2D eigenvalue weighted by Crippen LogP contribution is 2.18. The molecule has 0 amide bonds. The van der Waals surface area contributed by atoms with E-state index in [0.29, 0.717) is 0 Å². The number of hydrogen-bond acceptors (Lipinski definition) is 2. The Bertz CT molecular complexity index is 686. The maximum Gasteiger partial charge on any atom is 0.335 e. The Labute approximate surface area is 116 Å². The average Bonchev–Trinajstić information content (AvgIpc) is 2.44. The van der Waals surface area contributed by atoms with E-state index in [1.807, 2.05) is 0 Å². The fraction of sp³-hybridized carbons (Fsp3) is 0.0714. The van der Waals surface area contributed by atoms with Crippen LogP contribution < -0.4 is 0 Å². The van der Waals surface area contributed by atoms with Crippen LogP contribution >= 0.6 is 0 Å². The second-order valence-electron chi connectivity index (χ2n) is 4.04. The number of carboxylic acid groups (broad SMARTS) is 1. The predicted octanol–water partition coefficient (Wildman–Crippen LogP) is 2.97. The van der Waals surface area contributed by atoms with Crippen LogP contribution in [-0.2, 0) is 16.6 Å². The molecule has 1 atom stereocenters. The zero-order chi connectivity index (χ0) is 14.7. The van der Waals surface area contributed by atoms with Crippen molar-refractivity contribution in [2.45, 2.75) is 10.6 Å². The Kier molecular flexibility index (Phi) is 4.24. The summed E-state index contributed by atoms with van der Waals surface area (Å²) in [5, 5.41) is 8.85. The van der Waals surface area contributed by atoms with E-state index in [0.717, 1.165) is 6.07 Å². The first-order chi connectivity index (χ1) is 9.49. The number of rotatable bonds is 4. The quantitative estimate of drug-likeness (QED) is 0.943. The van der Waals surface area contributed by atoms with Gasteiger partial charge in [0.05, 0.1) is 22.1 Å². The first-order valence-electron chi connectivity index (χ1n) is 5.63. The topological polar surface area (TPSA) is 54.4 Å². The van der Waals surface area contributed by atoms with Gasteiger partial charge >= 0.3 is 5.97 Å². The third-order valence-corrected chi connectivity index (χ3v) is 4.01. The molecule has 0 fully saturated rings. The Morgan fingerprint density at radius 3 is 2.55 bits per heavy atom. The first-order valence-corrected chi connectivity index (χ1v) is 6.95. The normalized spacial score (nSPS) is 12.1. The Hall–Kier alpha value is -2.08. The third-order valence-electron chi connectivity index (χ3n) is 2.66. The molecule has 1 N–H and O–H groups in total. The minimum Gasteiger partial charge on any atom is -0.478 e. The number of aromatic carboxylic acids is 1. The first kappa shape index (κ1) is 14.3. The summed E-state index contributed by atoms with van der Waals surface area (Å²) in [6.07, 6.45) is 0. The van der Waals surface area contributed by atoms with Gasteiger partial charge in [-0.25, -0.2) is 13.6 Å². The molecule has 0 aliphatic heterocycles. The highest BCUT2D eigenvalue weighted by Gasteiger charge is 2.13. The van der Waals surface area contributed by atoms with Gasteiger partial charge < -0.3 is 5.11 Å². The van der Waals surface area contributed by atoms with E-state index in [4.69, 9.17) is 5.11 Å². The molecule has 0 aliphatic carbocycles. The summed E-state index contributed by atoms with van der Waals surface area (Å²) in [6.45, 7) is 0. The summed E-state index contributed by atoms with van der Waals surface area (Å²) < 4.78 is 38.6. The van der Waals surface area contributed by atoms with Crippen LogP contribution in [0.2, 0.25) is 0 Å². The fourth-order valence-electron chi connectivity index (χ4n) is 1.66. The van der Waals surface area contributed by atoms with E-state index in [1.54, 1.807) is 0 Å². The van der Waals surface area contributed by atoms with Gasteiger partial charge in [0.2, 0.25) is 0 Å². The molecule has 0 aliphatic rings. The molecule has 104 valence electrons. The fourth-order valence-corrected chi connectivity index (χ4v) is 2.82. The third kappa shape index (κ3) is 3.08. The zero-order valence-electron chi connectivity index (χ0n) is 10.2. The monoisotopic (exact) mass is 296 g/mol. The van der Waals surface area contributed by atoms with E-state index >= 15 is 0 Å². The molecule has 0 aromatic heterocycles. The van der Waals surface area contributed by atoms with E-state index in [2.05, 4.69) is 0 Å². The van der Waals surface area contributed by atoms with E-state index in [1.165, 1.54) is 36.4 Å². The van der Waals surface area contributed by atoms with Crippen LogP contribution in [0.15, 0.2) is 47.4 Å². The van der Waals surface area contributed by atoms with Gasteiger partial charge in [0.1, 0.15) is 0 Å². The molecule has 2 rings (SSSR count). The number of carbonyl (C=O) groups is 1. The summed E-state index contributed by atoms with van der Waals surface area (Å²) in [5.74, 6) is -3.39. The number of halogens is 2. The van der Waals surface area contributed by atoms with E-state index < -0.39 is 28.4 Å². The average molecular weight is 296 g/mol. The van der Waals surface area contributed by atoms with E-state index in [-0.39, 0.29) is 21.8 Å². The van der Waals surface area contributed by atoms with Crippen LogP contribution in [0.4, 0.5) is 8.78 Å². The molecular formula is C14H10F2O3S. The number of benzene rings is 2. The summed E-state index contributed by atoms with van der Waals surface area (Å²) in [7, 11) is -1.65. The van der Waals surface area contributed by atoms with Gasteiger partial charge in [0.25, 0.3) is 0 Å². The second-order valence-corrected chi connectivity index (χ2v) is 5.49. The van der Waals surface area contributed by atoms with Crippen LogP contribution in [0.5, 0.6) is 0 Å². The van der Waals surface area contributed by atoms with Crippen LogP contribution in [0.1, 0.15) is 15.9 Å². The lowest BCUT2D eigenvalue weighted by Gasteiger charge is -2.05. The van der Waals surface area contributed by atoms with Crippen molar-refractivity contribution >= 4 is 16.8 Å². The molecule has 2 aromatic rings. The minimum atomic E-state index is -1.65. The zero-order valence-corrected chi connectivity index (χ0v) is 11.0. The standard InChI is InChI=1S/C14H10F2O3S/c15-12-6-2-4-10(13(12)16)8-20(19)11-5-1-3-9(7-11)14(17)18/h1-7H,8H2,(H,17,18). The van der Waals surface area contributed by atoms with Gasteiger partial charge in [-0.15, -0.1) is 0 Å². The Morgan fingerprint density at radius 1 is 1.15 bits per heavy atom. The minimum absolute atomic E-state index is 0.00411. The molecule has 0 saturated carbocycles. The van der Waals surface area contributed by atoms with Crippen molar-refractivity contribution in [3.63, 3.8) is 0 Å². The summed E-state index contributed by atoms with van der Waals surface area (Å²) >= 11 is 0. The molecule has 0 spiro atoms. The summed E-state index contributed by atoms with van der Waals surface area (Å²) in [6, 6.07) is 9.22. The van der Waals surface area contributed by atoms with Crippen LogP contribution in [0, 0.1) is 11.6 Å². The molecule has 3 nitrogen and oxygen atoms in total. The predicted molar refractivity (Wildman–Crippen MR) is 69.9 cm³/mol. The van der Waals surface area contributed by atoms with Crippen molar-refractivity contribution < 1.29 is 22.9 Å². The maximum atomic E-state index is 13.5. The SMILES string of the molecule is O=C(O)c1cccc(S(=O)Cc2cccc(F)c2F)c1. The van der Waals surface area contributed by atoms with Crippen molar-refractivity contribution in [3.8, 4) is 0 Å². The number of hydrogen-bond donors (Lipinski definition) is 1. The van der Waals surface area contributed by atoms with Gasteiger partial charge in [0.15, 0.2) is 11.6 Å². The Balaban J connectivity index is 2.26. The molecule has 0 radical (unpaired) electrons. The highest BCUT2D eigenvalue weighted by molar-refractivity contribution is 7.84. The van der Waals surface area contributed by atoms with Crippen LogP contribution in [-0.4, -0.2) is 15.3 Å². The number of carboxylic acids is 1. The lowest BCUT2D eigenvalue weighted by atomic mass is 10.2. The van der Waals surface area contributed by atoms with Gasteiger partial charge in [0, 0.05) is 10.5 Å². The van der Waals surface area contributed by atoms with E-state index in [9.17, 15) is 17.8 Å². The van der Waals surface area contributed by atoms with Crippen molar-refractivity contribution in [1.82, 2.24) is 0 Å². The molecule has 0 bridgehead atoms. The molecule has 6 heteroatoms. The van der Waals surface area contributed by atoms with Gasteiger partial charge in [-0.1, -0.05) is 18.2 Å². The van der Waals surface area contributed by atoms with Crippen LogP contribution in [0.3, 0.4) is 0 Å². The molecule has 20 heavy (non-hydrogen) atoms. The summed E-state index contributed by atoms with van der Waals surface area (Å²) in [4.78, 5) is 11.1.